The van der Waals surface area contributed by atoms with Crippen molar-refractivity contribution in [2.24, 2.45) is 5.73 Å². The molecular formula is C30H59NO3. The maximum atomic E-state index is 10.7. The van der Waals surface area contributed by atoms with E-state index in [1.54, 1.807) is 0 Å². The molecule has 0 aromatic heterocycles. The van der Waals surface area contributed by atoms with Gasteiger partial charge in [0.1, 0.15) is 0 Å². The number of carbonyl (C=O) groups excluding carboxylic acids is 1. The zero-order valence-electron chi connectivity index (χ0n) is 22.6. The molecule has 34 heavy (non-hydrogen) atoms. The minimum atomic E-state index is -0.656. The lowest BCUT2D eigenvalue weighted by atomic mass is 10.0. The molecule has 0 unspecified atom stereocenters. The number of carboxylic acids is 1. The molecular weight excluding hydrogens is 422 g/mol. The lowest BCUT2D eigenvalue weighted by molar-refractivity contribution is -0.137. The number of carbonyl (C=O) groups is 2. The molecule has 4 heteroatoms. The summed E-state index contributed by atoms with van der Waals surface area (Å²) < 4.78 is 0. The third-order valence-corrected chi connectivity index (χ3v) is 7.06. The van der Waals surface area contributed by atoms with E-state index < -0.39 is 5.97 Å². The summed E-state index contributed by atoms with van der Waals surface area (Å²) in [5.41, 5.74) is 5.15. The van der Waals surface area contributed by atoms with Gasteiger partial charge in [0.2, 0.25) is 5.91 Å². The van der Waals surface area contributed by atoms with Crippen LogP contribution in [0.25, 0.3) is 0 Å². The van der Waals surface area contributed by atoms with Crippen LogP contribution in [0.5, 0.6) is 0 Å². The molecule has 0 saturated heterocycles. The van der Waals surface area contributed by atoms with Crippen LogP contribution in [-0.2, 0) is 9.59 Å². The smallest absolute Gasteiger partial charge is 0.303 e. The fourth-order valence-electron chi connectivity index (χ4n) is 4.82. The zero-order valence-corrected chi connectivity index (χ0v) is 22.6. The Balaban J connectivity index is 3.03. The first-order valence-corrected chi connectivity index (χ1v) is 15.1. The van der Waals surface area contributed by atoms with Gasteiger partial charge in [-0.15, -0.1) is 0 Å². The Labute approximate surface area is 212 Å². The molecule has 202 valence electrons. The van der Waals surface area contributed by atoms with Gasteiger partial charge in [-0.3, -0.25) is 9.59 Å². The first-order valence-electron chi connectivity index (χ1n) is 15.1. The van der Waals surface area contributed by atoms with Crippen LogP contribution in [0.4, 0.5) is 0 Å². The van der Waals surface area contributed by atoms with Crippen molar-refractivity contribution >= 4 is 11.9 Å². The molecule has 0 aliphatic carbocycles. The fraction of sp³-hybridized carbons (Fsp3) is 0.933. The summed E-state index contributed by atoms with van der Waals surface area (Å²) in [7, 11) is 0. The van der Waals surface area contributed by atoms with Crippen molar-refractivity contribution in [2.75, 3.05) is 0 Å². The van der Waals surface area contributed by atoms with E-state index in [9.17, 15) is 9.59 Å². The van der Waals surface area contributed by atoms with Gasteiger partial charge in [0.05, 0.1) is 0 Å². The molecule has 0 fully saturated rings. The van der Waals surface area contributed by atoms with E-state index in [1.807, 2.05) is 0 Å². The Morgan fingerprint density at radius 1 is 0.353 bits per heavy atom. The van der Waals surface area contributed by atoms with Gasteiger partial charge < -0.3 is 10.8 Å². The van der Waals surface area contributed by atoms with Gasteiger partial charge in [-0.1, -0.05) is 154 Å². The third kappa shape index (κ3) is 30.9. The largest absolute Gasteiger partial charge is 0.481 e. The molecule has 1 amide bonds. The molecule has 0 atom stereocenters. The number of hydrogen-bond donors (Lipinski definition) is 2. The maximum absolute atomic E-state index is 10.7. The molecule has 0 spiro atoms. The van der Waals surface area contributed by atoms with E-state index in [2.05, 4.69) is 0 Å². The predicted octanol–water partition coefficient (Wildman–Crippen LogP) is 9.48. The maximum Gasteiger partial charge on any atom is 0.303 e. The van der Waals surface area contributed by atoms with Crippen molar-refractivity contribution in [3.8, 4) is 0 Å². The van der Waals surface area contributed by atoms with E-state index >= 15 is 0 Å². The number of unbranched alkanes of at least 4 members (excludes halogenated alkanes) is 25. The third-order valence-electron chi connectivity index (χ3n) is 7.06. The summed E-state index contributed by atoms with van der Waals surface area (Å²) in [6.07, 6.45) is 35.3. The van der Waals surface area contributed by atoms with Crippen LogP contribution < -0.4 is 5.73 Å². The minimum absolute atomic E-state index is 0.158. The van der Waals surface area contributed by atoms with E-state index in [4.69, 9.17) is 10.8 Å². The Bertz CT molecular complexity index is 399. The van der Waals surface area contributed by atoms with Crippen molar-refractivity contribution in [3.05, 3.63) is 0 Å². The highest BCUT2D eigenvalue weighted by Crippen LogP contribution is 2.16. The van der Waals surface area contributed by atoms with Gasteiger partial charge in [0, 0.05) is 12.8 Å². The second-order valence-corrected chi connectivity index (χ2v) is 10.6. The standard InChI is InChI=1S/C30H59NO3/c31-29(32)27-25-23-21-19-17-15-13-11-9-7-5-3-1-2-4-6-8-10-12-14-16-18-20-22-24-26-28-30(33)34/h1-28H2,(H2,31,32)(H,33,34). The SMILES string of the molecule is NC(=O)CCCCCCCCCCCCCCCCCCCCCCCCCCCCC(=O)O. The van der Waals surface area contributed by atoms with Crippen LogP contribution in [0.15, 0.2) is 0 Å². The summed E-state index contributed by atoms with van der Waals surface area (Å²) in [5, 5.41) is 8.61. The van der Waals surface area contributed by atoms with Gasteiger partial charge in [-0.05, 0) is 12.8 Å². The molecule has 0 rings (SSSR count). The van der Waals surface area contributed by atoms with Gasteiger partial charge >= 0.3 is 5.97 Å². The molecule has 0 aliphatic rings. The van der Waals surface area contributed by atoms with E-state index in [0.29, 0.717) is 12.8 Å². The summed E-state index contributed by atoms with van der Waals surface area (Å²) in [4.78, 5) is 21.1. The average Bonchev–Trinajstić information content (AvgIpc) is 2.80. The second kappa shape index (κ2) is 28.2. The highest BCUT2D eigenvalue weighted by atomic mass is 16.4. The number of hydrogen-bond acceptors (Lipinski definition) is 2. The lowest BCUT2D eigenvalue weighted by Gasteiger charge is -2.04. The highest BCUT2D eigenvalue weighted by molar-refractivity contribution is 5.73. The van der Waals surface area contributed by atoms with Crippen molar-refractivity contribution in [1.29, 1.82) is 0 Å². The zero-order chi connectivity index (χ0) is 25.0. The second-order valence-electron chi connectivity index (χ2n) is 10.6. The van der Waals surface area contributed by atoms with Crippen LogP contribution in [0.1, 0.15) is 180 Å². The number of amides is 1. The van der Waals surface area contributed by atoms with Crippen LogP contribution in [0.2, 0.25) is 0 Å². The van der Waals surface area contributed by atoms with Crippen LogP contribution in [-0.4, -0.2) is 17.0 Å². The van der Waals surface area contributed by atoms with Crippen LogP contribution in [0, 0.1) is 0 Å². The molecule has 0 aromatic carbocycles. The minimum Gasteiger partial charge on any atom is -0.481 e. The molecule has 0 aromatic rings. The van der Waals surface area contributed by atoms with E-state index in [1.165, 1.54) is 141 Å². The molecule has 0 aliphatic heterocycles. The van der Waals surface area contributed by atoms with E-state index in [-0.39, 0.29) is 5.91 Å². The average molecular weight is 482 g/mol. The van der Waals surface area contributed by atoms with Crippen LogP contribution >= 0.6 is 0 Å². The van der Waals surface area contributed by atoms with Gasteiger partial charge in [-0.2, -0.15) is 0 Å². The number of primary amides is 1. The molecule has 0 bridgehead atoms. The Morgan fingerprint density at radius 2 is 0.529 bits per heavy atom. The topological polar surface area (TPSA) is 80.4 Å². The Kier molecular flexibility index (Phi) is 27.3. The van der Waals surface area contributed by atoms with Crippen molar-refractivity contribution in [2.45, 2.75) is 180 Å². The molecule has 0 radical (unpaired) electrons. The summed E-state index contributed by atoms with van der Waals surface area (Å²) in [6, 6.07) is 0. The van der Waals surface area contributed by atoms with Crippen molar-refractivity contribution in [1.82, 2.24) is 0 Å². The van der Waals surface area contributed by atoms with Crippen LogP contribution in [0.3, 0.4) is 0 Å². The van der Waals surface area contributed by atoms with Gasteiger partial charge in [0.15, 0.2) is 0 Å². The van der Waals surface area contributed by atoms with Crippen molar-refractivity contribution in [3.63, 3.8) is 0 Å². The Hall–Kier alpha value is -1.06. The first kappa shape index (κ1) is 32.9. The summed E-state index contributed by atoms with van der Waals surface area (Å²) >= 11 is 0. The lowest BCUT2D eigenvalue weighted by Crippen LogP contribution is -2.09. The monoisotopic (exact) mass is 481 g/mol. The number of carboxylic acid groups (broad SMARTS) is 1. The number of rotatable bonds is 29. The Morgan fingerprint density at radius 3 is 0.706 bits per heavy atom. The predicted molar refractivity (Wildman–Crippen MR) is 146 cm³/mol. The molecule has 3 N–H and O–H groups in total. The number of nitrogens with two attached hydrogens (primary N) is 1. The molecule has 0 saturated carbocycles. The molecule has 4 nitrogen and oxygen atoms in total. The quantitative estimate of drug-likeness (QED) is 0.104. The first-order chi connectivity index (χ1) is 16.6. The summed E-state index contributed by atoms with van der Waals surface area (Å²) in [6.45, 7) is 0. The molecule has 0 heterocycles. The number of aliphatic carboxylic acids is 1. The van der Waals surface area contributed by atoms with Gasteiger partial charge in [-0.25, -0.2) is 0 Å². The highest BCUT2D eigenvalue weighted by Gasteiger charge is 1.98. The van der Waals surface area contributed by atoms with E-state index in [0.717, 1.165) is 25.7 Å². The van der Waals surface area contributed by atoms with Gasteiger partial charge in [0.25, 0.3) is 0 Å². The van der Waals surface area contributed by atoms with Crippen molar-refractivity contribution < 1.29 is 14.7 Å². The summed E-state index contributed by atoms with van der Waals surface area (Å²) in [5.74, 6) is -0.814. The fourth-order valence-corrected chi connectivity index (χ4v) is 4.82. The normalized spacial score (nSPS) is 11.2.